The molecule has 0 aromatic carbocycles. The minimum absolute atomic E-state index is 0.842. The maximum atomic E-state index is 4.57. The van der Waals surface area contributed by atoms with Crippen molar-refractivity contribution < 1.29 is 0 Å². The van der Waals surface area contributed by atoms with E-state index in [-0.39, 0.29) is 0 Å². The second-order valence-electron chi connectivity index (χ2n) is 3.51. The predicted octanol–water partition coefficient (Wildman–Crippen LogP) is 2.14. The van der Waals surface area contributed by atoms with Crippen LogP contribution in [0.15, 0.2) is 17.8 Å². The van der Waals surface area contributed by atoms with Crippen molar-refractivity contribution in [2.75, 3.05) is 6.54 Å². The molecule has 0 saturated carbocycles. The van der Waals surface area contributed by atoms with Gasteiger partial charge in [-0.05, 0) is 13.5 Å². The van der Waals surface area contributed by atoms with E-state index in [0.29, 0.717) is 0 Å². The quantitative estimate of drug-likeness (QED) is 0.865. The minimum atomic E-state index is 0.842. The minimum Gasteiger partial charge on any atom is -0.311 e. The molecule has 4 nitrogen and oxygen atoms in total. The number of hydrogen-bond acceptors (Lipinski definition) is 4. The Morgan fingerprint density at radius 1 is 1.44 bits per heavy atom. The molecule has 0 radical (unpaired) electrons. The molecular weight excluding hydrogens is 220 g/mol. The number of thiazole rings is 1. The molecule has 16 heavy (non-hydrogen) atoms. The third kappa shape index (κ3) is 2.48. The van der Waals surface area contributed by atoms with Crippen LogP contribution in [0.25, 0.3) is 10.6 Å². The first-order valence-corrected chi connectivity index (χ1v) is 6.39. The van der Waals surface area contributed by atoms with Gasteiger partial charge in [-0.25, -0.2) is 4.98 Å². The second kappa shape index (κ2) is 5.23. The molecule has 0 aliphatic carbocycles. The van der Waals surface area contributed by atoms with Crippen molar-refractivity contribution in [3.05, 3.63) is 23.5 Å². The van der Waals surface area contributed by atoms with E-state index in [1.54, 1.807) is 11.3 Å². The Labute approximate surface area is 99.3 Å². The van der Waals surface area contributed by atoms with Crippen LogP contribution in [0.2, 0.25) is 0 Å². The van der Waals surface area contributed by atoms with Gasteiger partial charge >= 0.3 is 0 Å². The smallest absolute Gasteiger partial charge is 0.126 e. The van der Waals surface area contributed by atoms with E-state index < -0.39 is 0 Å². The van der Waals surface area contributed by atoms with Crippen molar-refractivity contribution in [1.82, 2.24) is 20.1 Å². The SMILES string of the molecule is CCNCc1csc(-c2cnn(CC)c2)n1. The van der Waals surface area contributed by atoms with Crippen LogP contribution < -0.4 is 5.32 Å². The molecule has 0 unspecified atom stereocenters. The lowest BCUT2D eigenvalue weighted by molar-refractivity contribution is 0.660. The van der Waals surface area contributed by atoms with E-state index in [2.05, 4.69) is 34.6 Å². The second-order valence-corrected chi connectivity index (χ2v) is 4.37. The topological polar surface area (TPSA) is 42.7 Å². The predicted molar refractivity (Wildman–Crippen MR) is 66.4 cm³/mol. The van der Waals surface area contributed by atoms with Crippen LogP contribution in [0.1, 0.15) is 19.5 Å². The molecule has 86 valence electrons. The Morgan fingerprint density at radius 3 is 3.00 bits per heavy atom. The normalized spacial score (nSPS) is 10.9. The molecule has 5 heteroatoms. The maximum Gasteiger partial charge on any atom is 0.126 e. The molecular formula is C11H16N4S. The highest BCUT2D eigenvalue weighted by Gasteiger charge is 2.06. The third-order valence-corrected chi connectivity index (χ3v) is 3.25. The van der Waals surface area contributed by atoms with Gasteiger partial charge in [0.2, 0.25) is 0 Å². The highest BCUT2D eigenvalue weighted by atomic mass is 32.1. The largest absolute Gasteiger partial charge is 0.311 e. The van der Waals surface area contributed by atoms with Crippen LogP contribution in [0.5, 0.6) is 0 Å². The van der Waals surface area contributed by atoms with Crippen LogP contribution in [0.4, 0.5) is 0 Å². The van der Waals surface area contributed by atoms with Gasteiger partial charge in [0.25, 0.3) is 0 Å². The molecule has 0 saturated heterocycles. The van der Waals surface area contributed by atoms with Crippen LogP contribution in [0, 0.1) is 0 Å². The number of rotatable bonds is 5. The summed E-state index contributed by atoms with van der Waals surface area (Å²) in [5.41, 5.74) is 2.21. The highest BCUT2D eigenvalue weighted by molar-refractivity contribution is 7.13. The lowest BCUT2D eigenvalue weighted by atomic mass is 10.4. The molecule has 0 fully saturated rings. The van der Waals surface area contributed by atoms with Crippen LogP contribution >= 0.6 is 11.3 Å². The molecule has 0 spiro atoms. The lowest BCUT2D eigenvalue weighted by Crippen LogP contribution is -2.11. The van der Waals surface area contributed by atoms with Gasteiger partial charge in [-0.3, -0.25) is 4.68 Å². The van der Waals surface area contributed by atoms with E-state index in [1.807, 2.05) is 17.1 Å². The number of nitrogens with one attached hydrogen (secondary N) is 1. The molecule has 2 aromatic heterocycles. The first-order valence-electron chi connectivity index (χ1n) is 5.51. The average molecular weight is 236 g/mol. The fourth-order valence-electron chi connectivity index (χ4n) is 1.42. The number of aromatic nitrogens is 3. The Balaban J connectivity index is 2.11. The molecule has 0 amide bonds. The first kappa shape index (κ1) is 11.3. The lowest BCUT2D eigenvalue weighted by Gasteiger charge is -1.95. The van der Waals surface area contributed by atoms with Crippen molar-refractivity contribution >= 4 is 11.3 Å². The van der Waals surface area contributed by atoms with Crippen LogP contribution in [-0.4, -0.2) is 21.3 Å². The summed E-state index contributed by atoms with van der Waals surface area (Å²) in [7, 11) is 0. The van der Waals surface area contributed by atoms with Gasteiger partial charge in [-0.1, -0.05) is 6.92 Å². The summed E-state index contributed by atoms with van der Waals surface area (Å²) in [6.07, 6.45) is 3.91. The average Bonchev–Trinajstić information content (AvgIpc) is 2.94. The Hall–Kier alpha value is -1.20. The van der Waals surface area contributed by atoms with Gasteiger partial charge in [-0.2, -0.15) is 5.10 Å². The number of hydrogen-bond donors (Lipinski definition) is 1. The fraction of sp³-hybridized carbons (Fsp3) is 0.455. The summed E-state index contributed by atoms with van der Waals surface area (Å²) in [5, 5.41) is 10.7. The molecule has 0 aliphatic heterocycles. The van der Waals surface area contributed by atoms with E-state index in [0.717, 1.165) is 35.9 Å². The van der Waals surface area contributed by atoms with Crippen molar-refractivity contribution in [3.63, 3.8) is 0 Å². The molecule has 2 heterocycles. The number of nitrogens with zero attached hydrogens (tertiary/aromatic N) is 3. The van der Waals surface area contributed by atoms with E-state index >= 15 is 0 Å². The van der Waals surface area contributed by atoms with E-state index in [1.165, 1.54) is 0 Å². The monoisotopic (exact) mass is 236 g/mol. The molecule has 2 rings (SSSR count). The third-order valence-electron chi connectivity index (χ3n) is 2.31. The summed E-state index contributed by atoms with van der Waals surface area (Å²) in [6.45, 7) is 6.89. The maximum absolute atomic E-state index is 4.57. The summed E-state index contributed by atoms with van der Waals surface area (Å²) in [6, 6.07) is 0. The van der Waals surface area contributed by atoms with Gasteiger partial charge < -0.3 is 5.32 Å². The molecule has 0 bridgehead atoms. The zero-order valence-electron chi connectivity index (χ0n) is 9.60. The van der Waals surface area contributed by atoms with E-state index in [4.69, 9.17) is 0 Å². The van der Waals surface area contributed by atoms with Crippen LogP contribution in [0.3, 0.4) is 0 Å². The van der Waals surface area contributed by atoms with Gasteiger partial charge in [0, 0.05) is 30.2 Å². The standard InChI is InChI=1S/C11H16N4S/c1-3-12-6-10-8-16-11(14-10)9-5-13-15(4-2)7-9/h5,7-8,12H,3-4,6H2,1-2H3. The van der Waals surface area contributed by atoms with Crippen molar-refractivity contribution in [1.29, 1.82) is 0 Å². The molecule has 2 aromatic rings. The Bertz CT molecular complexity index is 446. The summed E-state index contributed by atoms with van der Waals surface area (Å²) in [4.78, 5) is 4.57. The van der Waals surface area contributed by atoms with Gasteiger partial charge in [0.05, 0.1) is 11.9 Å². The first-order chi connectivity index (χ1) is 7.83. The van der Waals surface area contributed by atoms with Crippen molar-refractivity contribution in [2.24, 2.45) is 0 Å². The molecule has 0 atom stereocenters. The Kier molecular flexibility index (Phi) is 3.69. The van der Waals surface area contributed by atoms with Gasteiger partial charge in [0.1, 0.15) is 5.01 Å². The summed E-state index contributed by atoms with van der Waals surface area (Å²) >= 11 is 1.67. The van der Waals surface area contributed by atoms with Crippen LogP contribution in [-0.2, 0) is 13.1 Å². The highest BCUT2D eigenvalue weighted by Crippen LogP contribution is 2.22. The fourth-order valence-corrected chi connectivity index (χ4v) is 2.22. The van der Waals surface area contributed by atoms with Crippen molar-refractivity contribution in [2.45, 2.75) is 26.9 Å². The van der Waals surface area contributed by atoms with Gasteiger partial charge in [-0.15, -0.1) is 11.3 Å². The van der Waals surface area contributed by atoms with Gasteiger partial charge in [0.15, 0.2) is 0 Å². The summed E-state index contributed by atoms with van der Waals surface area (Å²) < 4.78 is 1.92. The Morgan fingerprint density at radius 2 is 2.31 bits per heavy atom. The van der Waals surface area contributed by atoms with E-state index in [9.17, 15) is 0 Å². The molecule has 0 aliphatic rings. The summed E-state index contributed by atoms with van der Waals surface area (Å²) in [5.74, 6) is 0. The number of aryl methyl sites for hydroxylation is 1. The van der Waals surface area contributed by atoms with Crippen molar-refractivity contribution in [3.8, 4) is 10.6 Å². The molecule has 1 N–H and O–H groups in total. The zero-order valence-corrected chi connectivity index (χ0v) is 10.4. The zero-order chi connectivity index (χ0) is 11.4.